The summed E-state index contributed by atoms with van der Waals surface area (Å²) in [7, 11) is 0. The van der Waals surface area contributed by atoms with Gasteiger partial charge in [0, 0.05) is 25.8 Å². The molecule has 0 aromatic carbocycles. The number of nitrogens with zero attached hydrogens (tertiary/aromatic N) is 2. The van der Waals surface area contributed by atoms with E-state index in [0.29, 0.717) is 11.5 Å². The van der Waals surface area contributed by atoms with Crippen LogP contribution in [-0.2, 0) is 0 Å². The van der Waals surface area contributed by atoms with Gasteiger partial charge in [0.1, 0.15) is 5.82 Å². The van der Waals surface area contributed by atoms with E-state index in [1.54, 1.807) is 6.20 Å². The summed E-state index contributed by atoms with van der Waals surface area (Å²) in [6, 6.07) is 3.81. The Balaban J connectivity index is 1.87. The molecule has 1 unspecified atom stereocenters. The van der Waals surface area contributed by atoms with E-state index in [4.69, 9.17) is 0 Å². The van der Waals surface area contributed by atoms with Gasteiger partial charge in [0.05, 0.1) is 5.56 Å². The zero-order valence-corrected chi connectivity index (χ0v) is 13.8. The number of carbonyl (C=O) groups is 1. The number of rotatable bonds is 7. The monoisotopic (exact) mass is 304 g/mol. The van der Waals surface area contributed by atoms with Crippen LogP contribution >= 0.6 is 0 Å². The molecule has 0 radical (unpaired) electrons. The Hall–Kier alpha value is -1.62. The maximum atomic E-state index is 12.2. The first-order valence-corrected chi connectivity index (χ1v) is 8.44. The molecule has 1 saturated heterocycles. The molecule has 1 aromatic rings. The van der Waals surface area contributed by atoms with E-state index < -0.39 is 0 Å². The summed E-state index contributed by atoms with van der Waals surface area (Å²) in [5.41, 5.74) is 0.639. The van der Waals surface area contributed by atoms with Gasteiger partial charge in [0.25, 0.3) is 5.91 Å². The Labute approximate surface area is 133 Å². The minimum atomic E-state index is -0.0248. The minimum absolute atomic E-state index is 0.0248. The average molecular weight is 304 g/mol. The topological polar surface area (TPSA) is 57.3 Å². The van der Waals surface area contributed by atoms with E-state index in [1.165, 1.54) is 12.8 Å². The van der Waals surface area contributed by atoms with Crippen molar-refractivity contribution in [2.24, 2.45) is 5.92 Å². The van der Waals surface area contributed by atoms with Gasteiger partial charge in [-0.15, -0.1) is 0 Å². The van der Waals surface area contributed by atoms with E-state index in [2.05, 4.69) is 34.4 Å². The van der Waals surface area contributed by atoms with E-state index in [-0.39, 0.29) is 5.91 Å². The third-order valence-corrected chi connectivity index (χ3v) is 4.16. The van der Waals surface area contributed by atoms with Crippen molar-refractivity contribution in [2.45, 2.75) is 33.1 Å². The van der Waals surface area contributed by atoms with Crippen molar-refractivity contribution >= 4 is 11.7 Å². The molecule has 1 amide bonds. The second-order valence-electron chi connectivity index (χ2n) is 5.91. The maximum Gasteiger partial charge on any atom is 0.252 e. The normalized spacial score (nSPS) is 18.0. The lowest BCUT2D eigenvalue weighted by molar-refractivity contribution is 0.0944. The molecule has 0 saturated carbocycles. The number of hydrogen-bond donors (Lipinski definition) is 2. The Bertz CT molecular complexity index is 454. The Morgan fingerprint density at radius 2 is 2.32 bits per heavy atom. The van der Waals surface area contributed by atoms with Gasteiger partial charge in [0.15, 0.2) is 0 Å². The number of piperidine rings is 1. The van der Waals surface area contributed by atoms with Crippen LogP contribution in [0.25, 0.3) is 0 Å². The minimum Gasteiger partial charge on any atom is -0.357 e. The van der Waals surface area contributed by atoms with Gasteiger partial charge >= 0.3 is 0 Å². The molecule has 1 atom stereocenters. The first-order chi connectivity index (χ1) is 10.7. The number of hydrogen-bond acceptors (Lipinski definition) is 4. The van der Waals surface area contributed by atoms with Gasteiger partial charge in [-0.05, 0) is 57.3 Å². The van der Waals surface area contributed by atoms with Crippen molar-refractivity contribution in [2.75, 3.05) is 37.6 Å². The number of aromatic nitrogens is 1. The number of pyridine rings is 1. The lowest BCUT2D eigenvalue weighted by atomic mass is 10.00. The third kappa shape index (κ3) is 4.70. The fraction of sp³-hybridized carbons (Fsp3) is 0.647. The predicted molar refractivity (Wildman–Crippen MR) is 90.3 cm³/mol. The summed E-state index contributed by atoms with van der Waals surface area (Å²) in [5.74, 6) is 1.46. The SMILES string of the molecule is CCCN(CC)c1ccc(C(=O)NCC2CCCNC2)cn1. The van der Waals surface area contributed by atoms with Crippen LogP contribution in [0.2, 0.25) is 0 Å². The Morgan fingerprint density at radius 3 is 2.91 bits per heavy atom. The van der Waals surface area contributed by atoms with Gasteiger partial charge in [-0.3, -0.25) is 4.79 Å². The Morgan fingerprint density at radius 1 is 1.45 bits per heavy atom. The highest BCUT2D eigenvalue weighted by molar-refractivity contribution is 5.94. The molecule has 1 aliphatic rings. The zero-order chi connectivity index (χ0) is 15.8. The van der Waals surface area contributed by atoms with Gasteiger partial charge in [0.2, 0.25) is 0 Å². The number of carbonyl (C=O) groups excluding carboxylic acids is 1. The van der Waals surface area contributed by atoms with Crippen LogP contribution in [0.5, 0.6) is 0 Å². The predicted octanol–water partition coefficient (Wildman–Crippen LogP) is 2.05. The molecule has 1 fully saturated rings. The van der Waals surface area contributed by atoms with Crippen LogP contribution < -0.4 is 15.5 Å². The number of anilines is 1. The molecule has 2 heterocycles. The molecule has 1 aliphatic heterocycles. The molecule has 2 rings (SSSR count). The summed E-state index contributed by atoms with van der Waals surface area (Å²) < 4.78 is 0. The molecule has 0 aliphatic carbocycles. The molecule has 5 nitrogen and oxygen atoms in total. The van der Waals surface area contributed by atoms with Crippen LogP contribution in [-0.4, -0.2) is 43.6 Å². The van der Waals surface area contributed by atoms with E-state index in [1.807, 2.05) is 12.1 Å². The molecule has 0 spiro atoms. The summed E-state index contributed by atoms with van der Waals surface area (Å²) in [4.78, 5) is 18.8. The maximum absolute atomic E-state index is 12.2. The quantitative estimate of drug-likeness (QED) is 0.809. The highest BCUT2D eigenvalue weighted by atomic mass is 16.1. The van der Waals surface area contributed by atoms with Crippen LogP contribution in [0, 0.1) is 5.92 Å². The van der Waals surface area contributed by atoms with Crippen molar-refractivity contribution in [1.82, 2.24) is 15.6 Å². The largest absolute Gasteiger partial charge is 0.357 e. The highest BCUT2D eigenvalue weighted by Crippen LogP contribution is 2.12. The summed E-state index contributed by atoms with van der Waals surface area (Å²) in [6.07, 6.45) is 5.16. The molecule has 122 valence electrons. The third-order valence-electron chi connectivity index (χ3n) is 4.16. The van der Waals surface area contributed by atoms with Gasteiger partial charge < -0.3 is 15.5 Å². The second-order valence-corrected chi connectivity index (χ2v) is 5.91. The number of nitrogens with one attached hydrogen (secondary N) is 2. The second kappa shape index (κ2) is 8.73. The van der Waals surface area contributed by atoms with Crippen molar-refractivity contribution in [3.8, 4) is 0 Å². The summed E-state index contributed by atoms with van der Waals surface area (Å²) in [6.45, 7) is 9.04. The summed E-state index contributed by atoms with van der Waals surface area (Å²) in [5, 5.41) is 6.39. The molecule has 22 heavy (non-hydrogen) atoms. The molecule has 2 N–H and O–H groups in total. The van der Waals surface area contributed by atoms with Crippen LogP contribution in [0.1, 0.15) is 43.5 Å². The molecular weight excluding hydrogens is 276 g/mol. The van der Waals surface area contributed by atoms with Crippen molar-refractivity contribution in [1.29, 1.82) is 0 Å². The van der Waals surface area contributed by atoms with Gasteiger partial charge in [-0.2, -0.15) is 0 Å². The average Bonchev–Trinajstić information content (AvgIpc) is 2.58. The Kier molecular flexibility index (Phi) is 6.65. The van der Waals surface area contributed by atoms with Crippen LogP contribution in [0.4, 0.5) is 5.82 Å². The molecule has 5 heteroatoms. The first-order valence-electron chi connectivity index (χ1n) is 8.44. The molecule has 0 bridgehead atoms. The first kappa shape index (κ1) is 16.7. The molecule has 1 aromatic heterocycles. The van der Waals surface area contributed by atoms with Crippen LogP contribution in [0.3, 0.4) is 0 Å². The van der Waals surface area contributed by atoms with E-state index in [9.17, 15) is 4.79 Å². The zero-order valence-electron chi connectivity index (χ0n) is 13.8. The van der Waals surface area contributed by atoms with Crippen molar-refractivity contribution in [3.05, 3.63) is 23.9 Å². The van der Waals surface area contributed by atoms with Gasteiger partial charge in [-0.1, -0.05) is 6.92 Å². The smallest absolute Gasteiger partial charge is 0.252 e. The van der Waals surface area contributed by atoms with E-state index in [0.717, 1.165) is 45.0 Å². The fourth-order valence-corrected chi connectivity index (χ4v) is 2.85. The van der Waals surface area contributed by atoms with Crippen molar-refractivity contribution < 1.29 is 4.79 Å². The van der Waals surface area contributed by atoms with E-state index >= 15 is 0 Å². The van der Waals surface area contributed by atoms with Crippen LogP contribution in [0.15, 0.2) is 18.3 Å². The number of amides is 1. The lowest BCUT2D eigenvalue weighted by Gasteiger charge is -2.23. The van der Waals surface area contributed by atoms with Gasteiger partial charge in [-0.25, -0.2) is 4.98 Å². The fourth-order valence-electron chi connectivity index (χ4n) is 2.85. The summed E-state index contributed by atoms with van der Waals surface area (Å²) >= 11 is 0. The molecular formula is C17H28N4O. The highest BCUT2D eigenvalue weighted by Gasteiger charge is 2.15. The lowest BCUT2D eigenvalue weighted by Crippen LogP contribution is -2.38. The standard InChI is InChI=1S/C17H28N4O/c1-3-10-21(4-2)16-8-7-15(13-19-16)17(22)20-12-14-6-5-9-18-11-14/h7-8,13-14,18H,3-6,9-12H2,1-2H3,(H,20,22). The van der Waals surface area contributed by atoms with Crippen molar-refractivity contribution in [3.63, 3.8) is 0 Å².